The molecule has 0 radical (unpaired) electrons. The third-order valence-electron chi connectivity index (χ3n) is 8.34. The molecule has 1 aromatic heterocycles. The Bertz CT molecular complexity index is 1420. The van der Waals surface area contributed by atoms with Crippen molar-refractivity contribution in [2.24, 2.45) is 7.05 Å². The number of nitrogens with zero attached hydrogens (tertiary/aromatic N) is 5. The SMILES string of the molecule is Cn1cnnc1CC1(c2cccc(N3Cc4c(cc(CN5CCCCC(F)C5)cc4C(F)(F)F)C3=O)c2)COC1. The normalized spacial score (nSPS) is 21.3. The fraction of sp³-hybridized carbons (Fsp3) is 0.483. The number of alkyl halides is 4. The van der Waals surface area contributed by atoms with E-state index in [4.69, 9.17) is 4.74 Å². The van der Waals surface area contributed by atoms with Gasteiger partial charge in [-0.05, 0) is 66.8 Å². The number of carbonyl (C=O) groups is 1. The number of aromatic nitrogens is 3. The number of aryl methyl sites for hydroxylation is 1. The molecule has 1 amide bonds. The minimum atomic E-state index is -4.62. The Morgan fingerprint density at radius 1 is 1.15 bits per heavy atom. The molecule has 3 aliphatic rings. The van der Waals surface area contributed by atoms with Crippen LogP contribution in [-0.2, 0) is 42.9 Å². The number of hydrogen-bond acceptors (Lipinski definition) is 5. The van der Waals surface area contributed by atoms with Crippen molar-refractivity contribution in [3.05, 3.63) is 76.4 Å². The lowest BCUT2D eigenvalue weighted by Crippen LogP contribution is -2.49. The van der Waals surface area contributed by atoms with E-state index in [9.17, 15) is 22.4 Å². The number of benzene rings is 2. The standard InChI is InChI=1S/C29H31F4N5O2/c1-36-18-34-35-26(36)12-28(16-40-17-28)20-5-4-7-22(11-20)38-15-24-23(27(38)39)9-19(10-25(24)29(31,32)33)13-37-8-3-2-6-21(30)14-37/h4-5,7,9-11,18,21H,2-3,6,8,12-17H2,1H3. The molecular formula is C29H31F4N5O2. The lowest BCUT2D eigenvalue weighted by atomic mass is 9.75. The van der Waals surface area contributed by atoms with Gasteiger partial charge in [0, 0.05) is 43.2 Å². The maximum absolute atomic E-state index is 14.2. The van der Waals surface area contributed by atoms with Gasteiger partial charge in [-0.3, -0.25) is 9.69 Å². The van der Waals surface area contributed by atoms with Crippen molar-refractivity contribution in [3.63, 3.8) is 0 Å². The summed E-state index contributed by atoms with van der Waals surface area (Å²) in [5.41, 5.74) is 0.711. The lowest BCUT2D eigenvalue weighted by molar-refractivity contribution is -0.138. The molecule has 2 aromatic carbocycles. The van der Waals surface area contributed by atoms with Crippen molar-refractivity contribution in [1.29, 1.82) is 0 Å². The van der Waals surface area contributed by atoms with Crippen molar-refractivity contribution in [2.75, 3.05) is 31.2 Å². The number of amides is 1. The van der Waals surface area contributed by atoms with Crippen LogP contribution in [0.1, 0.15) is 57.7 Å². The lowest BCUT2D eigenvalue weighted by Gasteiger charge is -2.42. The van der Waals surface area contributed by atoms with Crippen LogP contribution in [0.5, 0.6) is 0 Å². The first-order valence-corrected chi connectivity index (χ1v) is 13.6. The van der Waals surface area contributed by atoms with Gasteiger partial charge in [-0.25, -0.2) is 4.39 Å². The van der Waals surface area contributed by atoms with Crippen LogP contribution in [-0.4, -0.2) is 58.0 Å². The van der Waals surface area contributed by atoms with Crippen LogP contribution in [0.4, 0.5) is 23.2 Å². The molecule has 0 N–H and O–H groups in total. The van der Waals surface area contributed by atoms with Crippen LogP contribution in [0, 0.1) is 0 Å². The van der Waals surface area contributed by atoms with Crippen LogP contribution < -0.4 is 4.90 Å². The van der Waals surface area contributed by atoms with Gasteiger partial charge < -0.3 is 14.2 Å². The summed E-state index contributed by atoms with van der Waals surface area (Å²) in [5.74, 6) is 0.329. The predicted molar refractivity (Wildman–Crippen MR) is 140 cm³/mol. The molecular weight excluding hydrogens is 526 g/mol. The highest BCUT2D eigenvalue weighted by molar-refractivity contribution is 6.10. The number of halogens is 4. The summed E-state index contributed by atoms with van der Waals surface area (Å²) in [4.78, 5) is 16.9. The molecule has 3 aliphatic heterocycles. The van der Waals surface area contributed by atoms with Gasteiger partial charge in [0.05, 0.1) is 25.3 Å². The number of anilines is 1. The highest BCUT2D eigenvalue weighted by Gasteiger charge is 2.43. The molecule has 2 fully saturated rings. The fourth-order valence-electron chi connectivity index (χ4n) is 6.08. The number of likely N-dealkylation sites (tertiary alicyclic amines) is 1. The number of ether oxygens (including phenoxy) is 1. The maximum Gasteiger partial charge on any atom is 0.416 e. The van der Waals surface area contributed by atoms with Gasteiger partial charge in [-0.2, -0.15) is 13.2 Å². The highest BCUT2D eigenvalue weighted by Crippen LogP contribution is 2.42. The summed E-state index contributed by atoms with van der Waals surface area (Å²) < 4.78 is 64.3. The zero-order valence-electron chi connectivity index (χ0n) is 22.3. The topological polar surface area (TPSA) is 63.5 Å². The van der Waals surface area contributed by atoms with Crippen molar-refractivity contribution in [1.82, 2.24) is 19.7 Å². The molecule has 1 atom stereocenters. The van der Waals surface area contributed by atoms with E-state index >= 15 is 0 Å². The van der Waals surface area contributed by atoms with E-state index < -0.39 is 23.8 Å². The van der Waals surface area contributed by atoms with Crippen LogP contribution in [0.15, 0.2) is 42.7 Å². The van der Waals surface area contributed by atoms with Crippen LogP contribution in [0.25, 0.3) is 0 Å². The Labute approximate surface area is 229 Å². The molecule has 0 spiro atoms. The zero-order valence-corrected chi connectivity index (χ0v) is 22.3. The number of hydrogen-bond donors (Lipinski definition) is 0. The minimum absolute atomic E-state index is 0.0216. The van der Waals surface area contributed by atoms with E-state index in [0.29, 0.717) is 43.9 Å². The molecule has 7 nitrogen and oxygen atoms in total. The van der Waals surface area contributed by atoms with Gasteiger partial charge in [0.1, 0.15) is 18.3 Å². The molecule has 6 rings (SSSR count). The molecule has 0 aliphatic carbocycles. The van der Waals surface area contributed by atoms with Crippen molar-refractivity contribution < 1.29 is 27.1 Å². The van der Waals surface area contributed by atoms with E-state index in [1.807, 2.05) is 34.7 Å². The van der Waals surface area contributed by atoms with Crippen molar-refractivity contribution in [2.45, 2.75) is 56.5 Å². The number of carbonyl (C=O) groups excluding carboxylic acids is 1. The maximum atomic E-state index is 14.2. The Morgan fingerprint density at radius 3 is 2.67 bits per heavy atom. The quantitative estimate of drug-likeness (QED) is 0.407. The monoisotopic (exact) mass is 557 g/mol. The highest BCUT2D eigenvalue weighted by atomic mass is 19.4. The number of fused-ring (bicyclic) bond motifs is 1. The van der Waals surface area contributed by atoms with Gasteiger partial charge in [-0.15, -0.1) is 10.2 Å². The van der Waals surface area contributed by atoms with E-state index in [-0.39, 0.29) is 36.2 Å². The van der Waals surface area contributed by atoms with Crippen molar-refractivity contribution >= 4 is 11.6 Å². The minimum Gasteiger partial charge on any atom is -0.379 e. The Balaban J connectivity index is 1.30. The van der Waals surface area contributed by atoms with E-state index in [0.717, 1.165) is 30.3 Å². The largest absolute Gasteiger partial charge is 0.416 e. The molecule has 3 aromatic rings. The molecule has 11 heteroatoms. The van der Waals surface area contributed by atoms with Crippen LogP contribution in [0.3, 0.4) is 0 Å². The first kappa shape index (κ1) is 26.9. The fourth-order valence-corrected chi connectivity index (χ4v) is 6.08. The summed E-state index contributed by atoms with van der Waals surface area (Å²) in [6.07, 6.45) is -1.39. The Hall–Kier alpha value is -3.31. The van der Waals surface area contributed by atoms with E-state index in [2.05, 4.69) is 10.2 Å². The summed E-state index contributed by atoms with van der Waals surface area (Å²) in [6.45, 7) is 1.74. The van der Waals surface area contributed by atoms with Crippen molar-refractivity contribution in [3.8, 4) is 0 Å². The number of rotatable bonds is 6. The first-order valence-electron chi connectivity index (χ1n) is 13.6. The molecule has 0 saturated carbocycles. The second kappa shape index (κ2) is 10.3. The predicted octanol–water partition coefficient (Wildman–Crippen LogP) is 4.83. The molecule has 2 saturated heterocycles. The molecule has 212 valence electrons. The molecule has 0 bridgehead atoms. The van der Waals surface area contributed by atoms with Crippen LogP contribution in [0.2, 0.25) is 0 Å². The third kappa shape index (κ3) is 5.01. The van der Waals surface area contributed by atoms with E-state index in [1.54, 1.807) is 18.5 Å². The summed E-state index contributed by atoms with van der Waals surface area (Å²) in [5, 5.41) is 8.16. The smallest absolute Gasteiger partial charge is 0.379 e. The van der Waals surface area contributed by atoms with Gasteiger partial charge in [-0.1, -0.05) is 12.1 Å². The van der Waals surface area contributed by atoms with Gasteiger partial charge >= 0.3 is 6.18 Å². The second-order valence-corrected chi connectivity index (χ2v) is 11.2. The second-order valence-electron chi connectivity index (χ2n) is 11.2. The van der Waals surface area contributed by atoms with Gasteiger partial charge in [0.2, 0.25) is 0 Å². The summed E-state index contributed by atoms with van der Waals surface area (Å²) in [6, 6.07) is 10.1. The van der Waals surface area contributed by atoms with E-state index in [1.165, 1.54) is 4.90 Å². The van der Waals surface area contributed by atoms with Gasteiger partial charge in [0.25, 0.3) is 5.91 Å². The zero-order chi connectivity index (χ0) is 28.1. The Morgan fingerprint density at radius 2 is 1.98 bits per heavy atom. The summed E-state index contributed by atoms with van der Waals surface area (Å²) >= 11 is 0. The summed E-state index contributed by atoms with van der Waals surface area (Å²) in [7, 11) is 1.87. The molecule has 1 unspecified atom stereocenters. The average Bonchev–Trinajstić information content (AvgIpc) is 3.37. The molecule has 4 heterocycles. The molecule has 40 heavy (non-hydrogen) atoms. The average molecular weight is 558 g/mol. The Kier molecular flexibility index (Phi) is 6.90. The van der Waals surface area contributed by atoms with Crippen LogP contribution >= 0.6 is 0 Å². The van der Waals surface area contributed by atoms with Gasteiger partial charge in [0.15, 0.2) is 0 Å². The third-order valence-corrected chi connectivity index (χ3v) is 8.34. The first-order chi connectivity index (χ1) is 19.1.